The van der Waals surface area contributed by atoms with E-state index in [0.29, 0.717) is 30.2 Å². The maximum absolute atomic E-state index is 14.6. The van der Waals surface area contributed by atoms with Gasteiger partial charge in [0.15, 0.2) is 5.82 Å². The summed E-state index contributed by atoms with van der Waals surface area (Å²) >= 11 is 0. The molecule has 0 bridgehead atoms. The molecule has 0 amide bonds. The SMILES string of the molecule is C[C@@H]1CN(c2ccc(C#N)n3ncc(F)c23)Cc2c3cnc(C4CCNCC4)cc3nn21. The van der Waals surface area contributed by atoms with E-state index < -0.39 is 5.82 Å². The van der Waals surface area contributed by atoms with Crippen LogP contribution in [0.3, 0.4) is 0 Å². The third kappa shape index (κ3) is 2.87. The minimum absolute atomic E-state index is 0.107. The molecule has 0 saturated carbocycles. The zero-order chi connectivity index (χ0) is 21.8. The van der Waals surface area contributed by atoms with E-state index >= 15 is 0 Å². The number of nitrogens with zero attached hydrogens (tertiary/aromatic N) is 7. The average molecular weight is 430 g/mol. The Morgan fingerprint density at radius 1 is 1.22 bits per heavy atom. The first-order valence-corrected chi connectivity index (χ1v) is 11.0. The molecule has 6 heterocycles. The van der Waals surface area contributed by atoms with E-state index in [4.69, 9.17) is 10.1 Å². The maximum atomic E-state index is 14.6. The summed E-state index contributed by atoms with van der Waals surface area (Å²) in [6, 6.07) is 7.83. The molecule has 4 aromatic heterocycles. The van der Waals surface area contributed by atoms with Gasteiger partial charge in [-0.3, -0.25) is 9.67 Å². The van der Waals surface area contributed by atoms with Gasteiger partial charge < -0.3 is 10.2 Å². The number of nitriles is 1. The van der Waals surface area contributed by atoms with Crippen molar-refractivity contribution in [3.8, 4) is 6.07 Å². The Morgan fingerprint density at radius 3 is 2.88 bits per heavy atom. The van der Waals surface area contributed by atoms with Crippen LogP contribution in [-0.2, 0) is 6.54 Å². The zero-order valence-electron chi connectivity index (χ0n) is 17.8. The van der Waals surface area contributed by atoms with Crippen molar-refractivity contribution < 1.29 is 4.39 Å². The van der Waals surface area contributed by atoms with Gasteiger partial charge in [-0.05, 0) is 51.1 Å². The summed E-state index contributed by atoms with van der Waals surface area (Å²) in [7, 11) is 0. The molecule has 32 heavy (non-hydrogen) atoms. The number of fused-ring (bicyclic) bond motifs is 4. The normalized spacial score (nSPS) is 19.4. The molecule has 9 heteroatoms. The van der Waals surface area contributed by atoms with E-state index in [9.17, 15) is 9.65 Å². The molecule has 1 fully saturated rings. The fourth-order valence-corrected chi connectivity index (χ4v) is 5.14. The van der Waals surface area contributed by atoms with Gasteiger partial charge in [0.1, 0.15) is 17.3 Å². The van der Waals surface area contributed by atoms with E-state index in [0.717, 1.165) is 53.9 Å². The second-order valence-corrected chi connectivity index (χ2v) is 8.74. The third-order valence-corrected chi connectivity index (χ3v) is 6.76. The van der Waals surface area contributed by atoms with Gasteiger partial charge in [-0.1, -0.05) is 0 Å². The molecule has 2 aliphatic heterocycles. The van der Waals surface area contributed by atoms with Crippen LogP contribution in [0.5, 0.6) is 0 Å². The standard InChI is InChI=1S/C23H23FN8/c1-14-12-30(21-3-2-16(9-25)32-23(21)18(24)11-28-32)13-22-17-10-27-19(8-20(17)29-31(14)22)15-4-6-26-7-5-15/h2-3,8,10-11,14-15,26H,4-7,12-13H2,1H3/t14-/m1/s1. The van der Waals surface area contributed by atoms with Crippen molar-refractivity contribution in [3.63, 3.8) is 0 Å². The van der Waals surface area contributed by atoms with Gasteiger partial charge in [0.25, 0.3) is 0 Å². The average Bonchev–Trinajstić information content (AvgIpc) is 3.40. The van der Waals surface area contributed by atoms with Crippen LogP contribution < -0.4 is 10.2 Å². The van der Waals surface area contributed by atoms with Crippen molar-refractivity contribution in [1.82, 2.24) is 29.7 Å². The van der Waals surface area contributed by atoms with E-state index in [1.54, 1.807) is 6.07 Å². The second kappa shape index (κ2) is 7.28. The van der Waals surface area contributed by atoms with Crippen molar-refractivity contribution in [1.29, 1.82) is 5.26 Å². The quantitative estimate of drug-likeness (QED) is 0.526. The summed E-state index contributed by atoms with van der Waals surface area (Å²) in [5.74, 6) is 0.0482. The molecule has 0 unspecified atom stereocenters. The molecule has 162 valence electrons. The molecular weight excluding hydrogens is 407 g/mol. The van der Waals surface area contributed by atoms with E-state index in [1.165, 1.54) is 10.7 Å². The lowest BCUT2D eigenvalue weighted by Gasteiger charge is -2.34. The summed E-state index contributed by atoms with van der Waals surface area (Å²) in [4.78, 5) is 6.94. The number of nitrogens with one attached hydrogen (secondary N) is 1. The number of pyridine rings is 2. The predicted molar refractivity (Wildman–Crippen MR) is 118 cm³/mol. The minimum Gasteiger partial charge on any atom is -0.362 e. The van der Waals surface area contributed by atoms with Crippen LogP contribution in [0.15, 0.2) is 30.6 Å². The van der Waals surface area contributed by atoms with Crippen molar-refractivity contribution in [3.05, 3.63) is 53.5 Å². The zero-order valence-corrected chi connectivity index (χ0v) is 17.8. The summed E-state index contributed by atoms with van der Waals surface area (Å²) in [5, 5.41) is 22.8. The molecule has 0 spiro atoms. The number of aromatic nitrogens is 5. The Hall–Kier alpha value is -3.51. The van der Waals surface area contributed by atoms with Crippen LogP contribution in [0.4, 0.5) is 10.1 Å². The van der Waals surface area contributed by atoms with Crippen LogP contribution in [0.25, 0.3) is 16.4 Å². The molecule has 0 radical (unpaired) electrons. The Bertz CT molecular complexity index is 1370. The molecule has 1 atom stereocenters. The van der Waals surface area contributed by atoms with Crippen molar-refractivity contribution in [2.45, 2.75) is 38.3 Å². The summed E-state index contributed by atoms with van der Waals surface area (Å²) in [5.41, 5.74) is 4.53. The lowest BCUT2D eigenvalue weighted by Crippen LogP contribution is -2.36. The molecule has 4 aromatic rings. The third-order valence-electron chi connectivity index (χ3n) is 6.76. The second-order valence-electron chi connectivity index (χ2n) is 8.74. The molecule has 0 aromatic carbocycles. The highest BCUT2D eigenvalue weighted by molar-refractivity contribution is 5.82. The van der Waals surface area contributed by atoms with E-state index in [2.05, 4.69) is 39.1 Å². The minimum atomic E-state index is -0.429. The number of halogens is 1. The summed E-state index contributed by atoms with van der Waals surface area (Å²) in [6.45, 7) is 5.44. The van der Waals surface area contributed by atoms with E-state index in [1.807, 2.05) is 12.3 Å². The molecule has 8 nitrogen and oxygen atoms in total. The molecule has 0 aliphatic carbocycles. The Morgan fingerprint density at radius 2 is 2.06 bits per heavy atom. The number of hydrogen-bond donors (Lipinski definition) is 1. The summed E-state index contributed by atoms with van der Waals surface area (Å²) in [6.07, 6.45) is 5.32. The number of rotatable bonds is 2. The smallest absolute Gasteiger partial charge is 0.171 e. The first-order valence-electron chi connectivity index (χ1n) is 11.0. The first-order chi connectivity index (χ1) is 15.6. The monoisotopic (exact) mass is 430 g/mol. The fraction of sp³-hybridized carbons (Fsp3) is 0.391. The van der Waals surface area contributed by atoms with Gasteiger partial charge in [-0.2, -0.15) is 15.5 Å². The molecule has 2 aliphatic rings. The molecule has 1 saturated heterocycles. The highest BCUT2D eigenvalue weighted by atomic mass is 19.1. The van der Waals surface area contributed by atoms with Gasteiger partial charge in [-0.25, -0.2) is 8.91 Å². The van der Waals surface area contributed by atoms with Crippen LogP contribution in [0.2, 0.25) is 0 Å². The molecular formula is C23H23FN8. The van der Waals surface area contributed by atoms with Crippen LogP contribution in [-0.4, -0.2) is 44.0 Å². The lowest BCUT2D eigenvalue weighted by molar-refractivity contribution is 0.430. The van der Waals surface area contributed by atoms with Gasteiger partial charge in [0.2, 0.25) is 0 Å². The molecule has 1 N–H and O–H groups in total. The number of anilines is 1. The van der Waals surface area contributed by atoms with Crippen LogP contribution in [0, 0.1) is 17.1 Å². The van der Waals surface area contributed by atoms with Crippen molar-refractivity contribution in [2.24, 2.45) is 0 Å². The summed E-state index contributed by atoms with van der Waals surface area (Å²) < 4.78 is 18.1. The van der Waals surface area contributed by atoms with E-state index in [-0.39, 0.29) is 6.04 Å². The maximum Gasteiger partial charge on any atom is 0.171 e. The highest BCUT2D eigenvalue weighted by Crippen LogP contribution is 2.34. The topological polar surface area (TPSA) is 87.1 Å². The van der Waals surface area contributed by atoms with Gasteiger partial charge >= 0.3 is 0 Å². The highest BCUT2D eigenvalue weighted by Gasteiger charge is 2.29. The Labute approximate surface area is 184 Å². The Balaban J connectivity index is 1.41. The van der Waals surface area contributed by atoms with Gasteiger partial charge in [0.05, 0.1) is 35.7 Å². The van der Waals surface area contributed by atoms with Gasteiger partial charge in [-0.15, -0.1) is 0 Å². The lowest BCUT2D eigenvalue weighted by atomic mass is 9.94. The van der Waals surface area contributed by atoms with Crippen molar-refractivity contribution >= 4 is 22.1 Å². The largest absolute Gasteiger partial charge is 0.362 e. The van der Waals surface area contributed by atoms with Crippen molar-refractivity contribution in [2.75, 3.05) is 24.5 Å². The van der Waals surface area contributed by atoms with Gasteiger partial charge in [0, 0.05) is 29.7 Å². The molecule has 6 rings (SSSR count). The predicted octanol–water partition coefficient (Wildman–Crippen LogP) is 3.14. The number of piperidine rings is 1. The fourth-order valence-electron chi connectivity index (χ4n) is 5.14. The first kappa shape index (κ1) is 19.2. The number of hydrogen-bond acceptors (Lipinski definition) is 6. The Kier molecular flexibility index (Phi) is 4.36. The van der Waals surface area contributed by atoms with Crippen LogP contribution >= 0.6 is 0 Å². The van der Waals surface area contributed by atoms with Crippen LogP contribution in [0.1, 0.15) is 48.8 Å².